The largest absolute Gasteiger partial charge is 0.465 e. The molecule has 0 spiro atoms. The van der Waals surface area contributed by atoms with Crippen LogP contribution >= 0.6 is 0 Å². The predicted octanol–water partition coefficient (Wildman–Crippen LogP) is 3.30. The van der Waals surface area contributed by atoms with Crippen molar-refractivity contribution in [3.63, 3.8) is 0 Å². The SMILES string of the molecule is COC(=O)c1c(C(F)F)nc(C(F)(F)F)c(C(=O)n2ccnn2)c1CC(C)C. The molecule has 152 valence electrons. The summed E-state index contributed by atoms with van der Waals surface area (Å²) in [6, 6.07) is 0. The Labute approximate surface area is 155 Å². The van der Waals surface area contributed by atoms with Gasteiger partial charge in [0.05, 0.1) is 30.6 Å². The van der Waals surface area contributed by atoms with E-state index in [1.807, 2.05) is 0 Å². The van der Waals surface area contributed by atoms with Crippen molar-refractivity contribution >= 4 is 11.9 Å². The van der Waals surface area contributed by atoms with Gasteiger partial charge in [-0.15, -0.1) is 5.10 Å². The van der Waals surface area contributed by atoms with Crippen LogP contribution in [0.4, 0.5) is 22.0 Å². The number of hydrogen-bond acceptors (Lipinski definition) is 6. The van der Waals surface area contributed by atoms with Crippen LogP contribution in [0, 0.1) is 5.92 Å². The van der Waals surface area contributed by atoms with E-state index >= 15 is 0 Å². The second-order valence-electron chi connectivity index (χ2n) is 6.11. The summed E-state index contributed by atoms with van der Waals surface area (Å²) in [5, 5.41) is 6.70. The number of rotatable bonds is 5. The zero-order valence-corrected chi connectivity index (χ0v) is 14.9. The van der Waals surface area contributed by atoms with Crippen LogP contribution in [0.25, 0.3) is 0 Å². The Morgan fingerprint density at radius 1 is 1.21 bits per heavy atom. The molecule has 0 bridgehead atoms. The fourth-order valence-corrected chi connectivity index (χ4v) is 2.62. The summed E-state index contributed by atoms with van der Waals surface area (Å²) in [7, 11) is 0.882. The van der Waals surface area contributed by atoms with Gasteiger partial charge in [-0.1, -0.05) is 19.1 Å². The number of aromatic nitrogens is 4. The Morgan fingerprint density at radius 2 is 1.86 bits per heavy atom. The van der Waals surface area contributed by atoms with E-state index < -0.39 is 52.6 Å². The fraction of sp³-hybridized carbons (Fsp3) is 0.438. The molecule has 2 heterocycles. The number of alkyl halides is 5. The maximum atomic E-state index is 13.6. The van der Waals surface area contributed by atoms with E-state index in [0.717, 1.165) is 19.5 Å². The van der Waals surface area contributed by atoms with Crippen LogP contribution in [0.3, 0.4) is 0 Å². The summed E-state index contributed by atoms with van der Waals surface area (Å²) in [6.45, 7) is 3.17. The van der Waals surface area contributed by atoms with Crippen LogP contribution in [0.2, 0.25) is 0 Å². The first-order valence-electron chi connectivity index (χ1n) is 7.90. The Balaban J connectivity index is 3.00. The maximum Gasteiger partial charge on any atom is 0.434 e. The van der Waals surface area contributed by atoms with Crippen LogP contribution in [0.15, 0.2) is 12.4 Å². The van der Waals surface area contributed by atoms with Crippen LogP contribution in [-0.2, 0) is 17.3 Å². The number of nitrogens with zero attached hydrogens (tertiary/aromatic N) is 4. The first kappa shape index (κ1) is 21.4. The predicted molar refractivity (Wildman–Crippen MR) is 83.8 cm³/mol. The van der Waals surface area contributed by atoms with Crippen molar-refractivity contribution in [1.82, 2.24) is 20.0 Å². The Hall–Kier alpha value is -2.92. The zero-order valence-electron chi connectivity index (χ0n) is 14.9. The first-order chi connectivity index (χ1) is 13.0. The molecule has 2 rings (SSSR count). The van der Waals surface area contributed by atoms with E-state index in [1.54, 1.807) is 13.8 Å². The average Bonchev–Trinajstić information content (AvgIpc) is 3.12. The highest BCUT2D eigenvalue weighted by molar-refractivity contribution is 6.02. The highest BCUT2D eigenvalue weighted by atomic mass is 19.4. The van der Waals surface area contributed by atoms with E-state index in [-0.39, 0.29) is 12.3 Å². The highest BCUT2D eigenvalue weighted by Gasteiger charge is 2.43. The standard InChI is InChI=1S/C16H15F5N4O3/c1-7(2)6-8-9(15(27)28-3)11(13(17)18)23-12(16(19,20)21)10(8)14(26)25-5-4-22-24-25/h4-5,7,13H,6H2,1-3H3. The molecule has 0 fully saturated rings. The maximum absolute atomic E-state index is 13.6. The second-order valence-corrected chi connectivity index (χ2v) is 6.11. The van der Waals surface area contributed by atoms with Crippen molar-refractivity contribution in [3.05, 3.63) is 40.5 Å². The summed E-state index contributed by atoms with van der Waals surface area (Å²) < 4.78 is 72.7. The molecule has 0 aliphatic rings. The van der Waals surface area contributed by atoms with Crippen molar-refractivity contribution in [3.8, 4) is 0 Å². The van der Waals surface area contributed by atoms with Crippen LogP contribution in [0.5, 0.6) is 0 Å². The Bertz CT molecular complexity index is 879. The van der Waals surface area contributed by atoms with Gasteiger partial charge in [0.15, 0.2) is 5.69 Å². The van der Waals surface area contributed by atoms with Crippen molar-refractivity contribution < 1.29 is 36.3 Å². The van der Waals surface area contributed by atoms with Crippen molar-refractivity contribution in [2.75, 3.05) is 7.11 Å². The number of hydrogen-bond donors (Lipinski definition) is 0. The van der Waals surface area contributed by atoms with Gasteiger partial charge in [-0.3, -0.25) is 4.79 Å². The second kappa shape index (κ2) is 7.98. The van der Waals surface area contributed by atoms with Gasteiger partial charge in [0, 0.05) is 0 Å². The molecular weight excluding hydrogens is 391 g/mol. The molecule has 2 aromatic heterocycles. The molecule has 2 aromatic rings. The van der Waals surface area contributed by atoms with E-state index in [0.29, 0.717) is 4.68 Å². The quantitative estimate of drug-likeness (QED) is 0.559. The van der Waals surface area contributed by atoms with Crippen LogP contribution in [-0.4, -0.2) is 39.0 Å². The lowest BCUT2D eigenvalue weighted by Crippen LogP contribution is -2.27. The lowest BCUT2D eigenvalue weighted by Gasteiger charge is -2.21. The molecule has 0 aliphatic heterocycles. The third kappa shape index (κ3) is 4.15. The molecule has 0 saturated carbocycles. The summed E-state index contributed by atoms with van der Waals surface area (Å²) in [4.78, 5) is 27.8. The number of ether oxygens (including phenoxy) is 1. The van der Waals surface area contributed by atoms with Gasteiger partial charge in [0.2, 0.25) is 0 Å². The Morgan fingerprint density at radius 3 is 2.29 bits per heavy atom. The molecule has 0 aromatic carbocycles. The fourth-order valence-electron chi connectivity index (χ4n) is 2.62. The van der Waals surface area contributed by atoms with Gasteiger partial charge in [-0.05, 0) is 17.9 Å². The van der Waals surface area contributed by atoms with Gasteiger partial charge in [0.25, 0.3) is 12.3 Å². The molecule has 0 saturated heterocycles. The number of methoxy groups -OCH3 is 1. The molecule has 12 heteroatoms. The minimum absolute atomic E-state index is 0.286. The summed E-state index contributed by atoms with van der Waals surface area (Å²) in [5.74, 6) is -3.02. The number of halogens is 5. The third-order valence-electron chi connectivity index (χ3n) is 3.65. The molecule has 0 N–H and O–H groups in total. The molecule has 0 aliphatic carbocycles. The lowest BCUT2D eigenvalue weighted by molar-refractivity contribution is -0.141. The molecule has 0 atom stereocenters. The van der Waals surface area contributed by atoms with Gasteiger partial charge in [0.1, 0.15) is 5.69 Å². The van der Waals surface area contributed by atoms with Gasteiger partial charge in [-0.2, -0.15) is 17.9 Å². The van der Waals surface area contributed by atoms with Crippen molar-refractivity contribution in [1.29, 1.82) is 0 Å². The minimum Gasteiger partial charge on any atom is -0.465 e. The minimum atomic E-state index is -5.24. The van der Waals surface area contributed by atoms with Crippen LogP contribution < -0.4 is 0 Å². The summed E-state index contributed by atoms with van der Waals surface area (Å²) >= 11 is 0. The Kier molecular flexibility index (Phi) is 6.10. The van der Waals surface area contributed by atoms with E-state index in [9.17, 15) is 31.5 Å². The molecule has 28 heavy (non-hydrogen) atoms. The normalized spacial score (nSPS) is 11.9. The third-order valence-corrected chi connectivity index (χ3v) is 3.65. The van der Waals surface area contributed by atoms with Gasteiger partial charge in [-0.25, -0.2) is 18.6 Å². The van der Waals surface area contributed by atoms with E-state index in [4.69, 9.17) is 0 Å². The highest BCUT2D eigenvalue weighted by Crippen LogP contribution is 2.38. The number of carbonyl (C=O) groups excluding carboxylic acids is 2. The first-order valence-corrected chi connectivity index (χ1v) is 7.90. The topological polar surface area (TPSA) is 87.0 Å². The van der Waals surface area contributed by atoms with E-state index in [1.165, 1.54) is 0 Å². The molecular formula is C16H15F5N4O3. The van der Waals surface area contributed by atoms with Gasteiger partial charge >= 0.3 is 12.1 Å². The van der Waals surface area contributed by atoms with Crippen LogP contribution in [0.1, 0.15) is 57.9 Å². The van der Waals surface area contributed by atoms with E-state index in [2.05, 4.69) is 20.0 Å². The number of pyridine rings is 1. The smallest absolute Gasteiger partial charge is 0.434 e. The lowest BCUT2D eigenvalue weighted by atomic mass is 9.90. The molecule has 0 unspecified atom stereocenters. The number of carbonyl (C=O) groups is 2. The van der Waals surface area contributed by atoms with Crippen molar-refractivity contribution in [2.45, 2.75) is 32.9 Å². The number of esters is 1. The summed E-state index contributed by atoms with van der Waals surface area (Å²) in [5.41, 5.74) is -5.66. The van der Waals surface area contributed by atoms with Gasteiger partial charge < -0.3 is 4.74 Å². The monoisotopic (exact) mass is 406 g/mol. The molecule has 0 radical (unpaired) electrons. The van der Waals surface area contributed by atoms with Crippen molar-refractivity contribution in [2.24, 2.45) is 5.92 Å². The molecule has 0 amide bonds. The summed E-state index contributed by atoms with van der Waals surface area (Å²) in [6.07, 6.45) is -6.99. The molecule has 7 nitrogen and oxygen atoms in total. The average molecular weight is 406 g/mol. The zero-order chi connectivity index (χ0) is 21.2.